The molecule has 22 heavy (non-hydrogen) atoms. The molecule has 0 amide bonds. The zero-order valence-corrected chi connectivity index (χ0v) is 14.1. The van der Waals surface area contributed by atoms with Gasteiger partial charge >= 0.3 is 11.7 Å². The third-order valence-corrected chi connectivity index (χ3v) is 3.98. The van der Waals surface area contributed by atoms with E-state index in [0.717, 1.165) is 0 Å². The second-order valence-electron chi connectivity index (χ2n) is 4.51. The number of halogens is 1. The monoisotopic (exact) mass is 341 g/mol. The summed E-state index contributed by atoms with van der Waals surface area (Å²) in [5.41, 5.74) is 0.868. The van der Waals surface area contributed by atoms with Gasteiger partial charge < -0.3 is 4.74 Å². The van der Waals surface area contributed by atoms with Crippen LogP contribution in [-0.4, -0.2) is 33.7 Å². The number of nitrogens with zero attached hydrogens (tertiary/aromatic N) is 3. The summed E-state index contributed by atoms with van der Waals surface area (Å²) >= 11 is 7.43. The molecule has 0 aliphatic rings. The number of carbonyl (C=O) groups excluding carboxylic acids is 1. The van der Waals surface area contributed by atoms with Gasteiger partial charge in [-0.05, 0) is 36.9 Å². The van der Waals surface area contributed by atoms with Crippen molar-refractivity contribution in [3.05, 3.63) is 44.8 Å². The van der Waals surface area contributed by atoms with E-state index in [4.69, 9.17) is 11.6 Å². The van der Waals surface area contributed by atoms with E-state index in [-0.39, 0.29) is 12.2 Å². The van der Waals surface area contributed by atoms with Crippen LogP contribution in [0.2, 0.25) is 5.02 Å². The first-order valence-corrected chi connectivity index (χ1v) is 8.19. The maximum absolute atomic E-state index is 12.3. The van der Waals surface area contributed by atoms with Crippen LogP contribution in [0.5, 0.6) is 0 Å². The second-order valence-corrected chi connectivity index (χ2v) is 5.72. The zero-order valence-electron chi connectivity index (χ0n) is 12.5. The van der Waals surface area contributed by atoms with Crippen molar-refractivity contribution in [1.82, 2.24) is 14.3 Å². The van der Waals surface area contributed by atoms with E-state index in [2.05, 4.69) is 9.84 Å². The minimum Gasteiger partial charge on any atom is -0.465 e. The normalized spacial score (nSPS) is 10.7. The van der Waals surface area contributed by atoms with Crippen LogP contribution in [0.4, 0.5) is 0 Å². The van der Waals surface area contributed by atoms with Crippen LogP contribution < -0.4 is 5.69 Å². The topological polar surface area (TPSA) is 66.1 Å². The fourth-order valence-electron chi connectivity index (χ4n) is 2.10. The number of aromatic nitrogens is 3. The molecule has 2 rings (SSSR count). The van der Waals surface area contributed by atoms with Crippen molar-refractivity contribution in [2.45, 2.75) is 25.2 Å². The first-order valence-electron chi connectivity index (χ1n) is 6.59. The fourth-order valence-corrected chi connectivity index (χ4v) is 2.96. The summed E-state index contributed by atoms with van der Waals surface area (Å²) in [6, 6.07) is 4.87. The standard InChI is InChI=1S/C14H16ClN3O3S/c1-4-17-13(22-3)16-18(14(17)20)8-9-5-10(12(19)21-2)7-11(15)6-9/h5-7H,4,8H2,1-3H3. The predicted molar refractivity (Wildman–Crippen MR) is 85.8 cm³/mol. The highest BCUT2D eigenvalue weighted by atomic mass is 35.5. The van der Waals surface area contributed by atoms with E-state index < -0.39 is 5.97 Å². The minimum atomic E-state index is -0.472. The molecule has 0 aliphatic carbocycles. The van der Waals surface area contributed by atoms with Crippen LogP contribution in [0.15, 0.2) is 28.2 Å². The van der Waals surface area contributed by atoms with Gasteiger partial charge in [0.25, 0.3) is 0 Å². The summed E-state index contributed by atoms with van der Waals surface area (Å²) in [5.74, 6) is -0.472. The molecule has 6 nitrogen and oxygen atoms in total. The molecule has 8 heteroatoms. The zero-order chi connectivity index (χ0) is 16.3. The molecule has 0 saturated carbocycles. The number of ether oxygens (including phenoxy) is 1. The van der Waals surface area contributed by atoms with Gasteiger partial charge in [0, 0.05) is 11.6 Å². The van der Waals surface area contributed by atoms with Gasteiger partial charge in [0.2, 0.25) is 0 Å². The van der Waals surface area contributed by atoms with Gasteiger partial charge in [0.15, 0.2) is 5.16 Å². The highest BCUT2D eigenvalue weighted by Crippen LogP contribution is 2.17. The Hall–Kier alpha value is -1.73. The van der Waals surface area contributed by atoms with Gasteiger partial charge in [-0.3, -0.25) is 4.57 Å². The maximum Gasteiger partial charge on any atom is 0.346 e. The van der Waals surface area contributed by atoms with Gasteiger partial charge in [-0.1, -0.05) is 23.4 Å². The van der Waals surface area contributed by atoms with Crippen LogP contribution >= 0.6 is 23.4 Å². The van der Waals surface area contributed by atoms with Gasteiger partial charge in [-0.2, -0.15) is 0 Å². The van der Waals surface area contributed by atoms with Crippen LogP contribution in [0.25, 0.3) is 0 Å². The van der Waals surface area contributed by atoms with Crippen molar-refractivity contribution in [3.63, 3.8) is 0 Å². The molecule has 0 saturated heterocycles. The average molecular weight is 342 g/mol. The molecule has 1 aromatic carbocycles. The molecule has 0 atom stereocenters. The molecule has 118 valence electrons. The second kappa shape index (κ2) is 7.02. The number of methoxy groups -OCH3 is 1. The Morgan fingerprint density at radius 3 is 2.68 bits per heavy atom. The third kappa shape index (κ3) is 3.36. The van der Waals surface area contributed by atoms with Gasteiger partial charge in [-0.15, -0.1) is 5.10 Å². The fraction of sp³-hybridized carbons (Fsp3) is 0.357. The smallest absolute Gasteiger partial charge is 0.346 e. The first kappa shape index (κ1) is 16.6. The van der Waals surface area contributed by atoms with Crippen LogP contribution in [0.1, 0.15) is 22.8 Å². The summed E-state index contributed by atoms with van der Waals surface area (Å²) in [7, 11) is 1.31. The Kier molecular flexibility index (Phi) is 5.31. The summed E-state index contributed by atoms with van der Waals surface area (Å²) in [5, 5.41) is 5.35. The minimum absolute atomic E-state index is 0.188. The Morgan fingerprint density at radius 2 is 2.14 bits per heavy atom. The van der Waals surface area contributed by atoms with E-state index in [1.165, 1.54) is 29.6 Å². The molecule has 1 aromatic heterocycles. The Balaban J connectivity index is 2.39. The molecule has 0 radical (unpaired) electrons. The third-order valence-electron chi connectivity index (χ3n) is 3.10. The summed E-state index contributed by atoms with van der Waals surface area (Å²) in [6.45, 7) is 2.68. The number of rotatable bonds is 5. The lowest BCUT2D eigenvalue weighted by Gasteiger charge is -2.05. The first-order chi connectivity index (χ1) is 10.5. The number of hydrogen-bond donors (Lipinski definition) is 0. The van der Waals surface area contributed by atoms with E-state index in [9.17, 15) is 9.59 Å². The van der Waals surface area contributed by atoms with Crippen molar-refractivity contribution in [2.24, 2.45) is 0 Å². The number of hydrogen-bond acceptors (Lipinski definition) is 5. The summed E-state index contributed by atoms with van der Waals surface area (Å²) < 4.78 is 7.65. The SMILES string of the molecule is CCn1c(SC)nn(Cc2cc(Cl)cc(C(=O)OC)c2)c1=O. The van der Waals surface area contributed by atoms with Crippen molar-refractivity contribution in [3.8, 4) is 0 Å². The van der Waals surface area contributed by atoms with Crippen molar-refractivity contribution in [1.29, 1.82) is 0 Å². The molecule has 0 aliphatic heterocycles. The molecule has 0 unspecified atom stereocenters. The van der Waals surface area contributed by atoms with Crippen molar-refractivity contribution >= 4 is 29.3 Å². The Labute approximate surface area is 137 Å². The van der Waals surface area contributed by atoms with Crippen LogP contribution in [-0.2, 0) is 17.8 Å². The molecular weight excluding hydrogens is 326 g/mol. The number of carbonyl (C=O) groups is 1. The lowest BCUT2D eigenvalue weighted by Crippen LogP contribution is -2.25. The lowest BCUT2D eigenvalue weighted by atomic mass is 10.1. The largest absolute Gasteiger partial charge is 0.465 e. The maximum atomic E-state index is 12.3. The van der Waals surface area contributed by atoms with E-state index in [1.54, 1.807) is 16.7 Å². The molecule has 2 aromatic rings. The molecule has 0 fully saturated rings. The summed E-state index contributed by atoms with van der Waals surface area (Å²) in [6.07, 6.45) is 1.87. The van der Waals surface area contributed by atoms with E-state index in [1.807, 2.05) is 13.2 Å². The van der Waals surface area contributed by atoms with Crippen molar-refractivity contribution < 1.29 is 9.53 Å². The lowest BCUT2D eigenvalue weighted by molar-refractivity contribution is 0.0600. The predicted octanol–water partition coefficient (Wildman–Crippen LogP) is 2.27. The number of thioether (sulfide) groups is 1. The van der Waals surface area contributed by atoms with Gasteiger partial charge in [0.1, 0.15) is 0 Å². The molecule has 0 spiro atoms. The summed E-state index contributed by atoms with van der Waals surface area (Å²) in [4.78, 5) is 23.9. The molecule has 0 N–H and O–H groups in total. The highest BCUT2D eigenvalue weighted by Gasteiger charge is 2.13. The molecule has 0 bridgehead atoms. The van der Waals surface area contributed by atoms with E-state index in [0.29, 0.717) is 27.9 Å². The van der Waals surface area contributed by atoms with Crippen molar-refractivity contribution in [2.75, 3.05) is 13.4 Å². The average Bonchev–Trinajstić information content (AvgIpc) is 2.81. The molecule has 1 heterocycles. The Bertz CT molecular complexity index is 754. The quantitative estimate of drug-likeness (QED) is 0.616. The number of esters is 1. The van der Waals surface area contributed by atoms with Crippen LogP contribution in [0, 0.1) is 0 Å². The molecular formula is C14H16ClN3O3S. The van der Waals surface area contributed by atoms with Gasteiger partial charge in [0.05, 0.1) is 19.2 Å². The number of benzene rings is 1. The van der Waals surface area contributed by atoms with E-state index >= 15 is 0 Å². The Morgan fingerprint density at radius 1 is 1.41 bits per heavy atom. The highest BCUT2D eigenvalue weighted by molar-refractivity contribution is 7.98. The van der Waals surface area contributed by atoms with Crippen LogP contribution in [0.3, 0.4) is 0 Å². The van der Waals surface area contributed by atoms with Gasteiger partial charge in [-0.25, -0.2) is 14.3 Å².